The van der Waals surface area contributed by atoms with Gasteiger partial charge < -0.3 is 9.57 Å². The number of ether oxygens (including phenoxy) is 1. The molecule has 0 N–H and O–H groups in total. The molecule has 2 heterocycles. The van der Waals surface area contributed by atoms with E-state index in [0.717, 1.165) is 12.3 Å². The van der Waals surface area contributed by atoms with E-state index in [1.54, 1.807) is 0 Å². The first kappa shape index (κ1) is 19.5. The number of nitrogens with zero attached hydrogens (tertiary/aromatic N) is 3. The molecule has 0 fully saturated rings. The molecule has 0 atom stereocenters. The van der Waals surface area contributed by atoms with E-state index in [1.165, 1.54) is 19.2 Å². The fraction of sp³-hybridized carbons (Fsp3) is 0.133. The van der Waals surface area contributed by atoms with E-state index in [9.17, 15) is 18.0 Å². The molecule has 12 heteroatoms. The summed E-state index contributed by atoms with van der Waals surface area (Å²) in [6.45, 7) is 0. The van der Waals surface area contributed by atoms with Crippen molar-refractivity contribution in [1.29, 1.82) is 0 Å². The zero-order valence-corrected chi connectivity index (χ0v) is 15.4. The molecule has 6 nitrogen and oxygen atoms in total. The smallest absolute Gasteiger partial charge is 0.453 e. The Balaban J connectivity index is 2.16. The highest BCUT2D eigenvalue weighted by molar-refractivity contribution is 6.37. The molecule has 3 aromatic rings. The molecule has 0 saturated carbocycles. The van der Waals surface area contributed by atoms with Crippen LogP contribution in [0.4, 0.5) is 13.2 Å². The highest BCUT2D eigenvalue weighted by Crippen LogP contribution is 2.35. The lowest BCUT2D eigenvalue weighted by Gasteiger charge is -2.14. The predicted octanol–water partition coefficient (Wildman–Crippen LogP) is 4.69. The van der Waals surface area contributed by atoms with E-state index >= 15 is 0 Å². The third kappa shape index (κ3) is 3.62. The SMILES string of the molecule is COc1c(Cl)ccc(Cl)c1C(=O)On1c(C(F)(F)F)nc2ncc(Cl)cc21. The monoisotopic (exact) mass is 439 g/mol. The number of alkyl halides is 3. The topological polar surface area (TPSA) is 66.2 Å². The number of carbonyl (C=O) groups is 1. The van der Waals surface area contributed by atoms with Crippen molar-refractivity contribution in [3.8, 4) is 5.75 Å². The molecule has 0 radical (unpaired) electrons. The molecule has 142 valence electrons. The summed E-state index contributed by atoms with van der Waals surface area (Å²) < 4.78 is 45.2. The summed E-state index contributed by atoms with van der Waals surface area (Å²) in [5.41, 5.74) is -0.930. The number of methoxy groups -OCH3 is 1. The summed E-state index contributed by atoms with van der Waals surface area (Å²) >= 11 is 17.7. The second-order valence-electron chi connectivity index (χ2n) is 5.04. The van der Waals surface area contributed by atoms with Gasteiger partial charge in [-0.05, 0) is 18.2 Å². The molecule has 0 aliphatic rings. The first-order chi connectivity index (χ1) is 12.6. The third-order valence-corrected chi connectivity index (χ3v) is 4.15. The summed E-state index contributed by atoms with van der Waals surface area (Å²) in [7, 11) is 1.21. The molecule has 0 saturated heterocycles. The van der Waals surface area contributed by atoms with Crippen LogP contribution in [0.25, 0.3) is 11.2 Å². The predicted molar refractivity (Wildman–Crippen MR) is 91.5 cm³/mol. The van der Waals surface area contributed by atoms with E-state index in [4.69, 9.17) is 44.4 Å². The normalized spacial score (nSPS) is 11.7. The van der Waals surface area contributed by atoms with Crippen LogP contribution in [-0.4, -0.2) is 27.8 Å². The van der Waals surface area contributed by atoms with E-state index < -0.39 is 18.0 Å². The standard InChI is InChI=1S/C15H7Cl3F3N3O3/c1-26-11-8(18)3-2-7(17)10(11)13(25)27-24-9-4-6(16)5-22-12(9)23-14(24)15(19,20)21/h2-5H,1H3. The zero-order valence-electron chi connectivity index (χ0n) is 13.1. The summed E-state index contributed by atoms with van der Waals surface area (Å²) in [6.07, 6.45) is -3.82. The van der Waals surface area contributed by atoms with E-state index in [1.807, 2.05) is 0 Å². The number of rotatable bonds is 3. The van der Waals surface area contributed by atoms with Gasteiger partial charge >= 0.3 is 12.1 Å². The molecule has 0 bridgehead atoms. The second kappa shape index (κ2) is 7.06. The number of halogens is 6. The Labute approximate surface area is 164 Å². The highest BCUT2D eigenvalue weighted by atomic mass is 35.5. The number of hydrogen-bond acceptors (Lipinski definition) is 5. The maximum absolute atomic E-state index is 13.3. The quantitative estimate of drug-likeness (QED) is 0.591. The number of fused-ring (bicyclic) bond motifs is 1. The van der Waals surface area contributed by atoms with Crippen molar-refractivity contribution in [3.63, 3.8) is 0 Å². The first-order valence-corrected chi connectivity index (χ1v) is 8.12. The largest absolute Gasteiger partial charge is 0.494 e. The van der Waals surface area contributed by atoms with E-state index in [-0.39, 0.29) is 42.3 Å². The van der Waals surface area contributed by atoms with Crippen LogP contribution in [0.3, 0.4) is 0 Å². The minimum Gasteiger partial charge on any atom is -0.494 e. The van der Waals surface area contributed by atoms with Gasteiger partial charge in [0.25, 0.3) is 5.82 Å². The van der Waals surface area contributed by atoms with Gasteiger partial charge in [-0.3, -0.25) is 0 Å². The Hall–Kier alpha value is -2.23. The lowest BCUT2D eigenvalue weighted by Crippen LogP contribution is -2.26. The van der Waals surface area contributed by atoms with E-state index in [2.05, 4.69) is 9.97 Å². The van der Waals surface area contributed by atoms with Gasteiger partial charge in [0, 0.05) is 6.20 Å². The fourth-order valence-electron chi connectivity index (χ4n) is 2.24. The maximum Gasteiger partial charge on any atom is 0.453 e. The number of imidazole rings is 1. The second-order valence-corrected chi connectivity index (χ2v) is 6.29. The molecule has 0 aliphatic carbocycles. The number of hydrogen-bond donors (Lipinski definition) is 0. The number of pyridine rings is 1. The van der Waals surface area contributed by atoms with Crippen LogP contribution in [0.15, 0.2) is 24.4 Å². The van der Waals surface area contributed by atoms with Crippen LogP contribution in [0, 0.1) is 0 Å². The Morgan fingerprint density at radius 1 is 1.19 bits per heavy atom. The van der Waals surface area contributed by atoms with Gasteiger partial charge in [-0.1, -0.05) is 34.8 Å². The first-order valence-electron chi connectivity index (χ1n) is 6.99. The fourth-order valence-corrected chi connectivity index (χ4v) is 2.85. The summed E-state index contributed by atoms with van der Waals surface area (Å²) in [5, 5.41) is -0.0905. The Bertz CT molecular complexity index is 1050. The van der Waals surface area contributed by atoms with Crippen molar-refractivity contribution >= 4 is 51.9 Å². The summed E-state index contributed by atoms with van der Waals surface area (Å²) in [6, 6.07) is 3.76. The summed E-state index contributed by atoms with van der Waals surface area (Å²) in [5.74, 6) is -2.90. The maximum atomic E-state index is 13.3. The molecule has 2 aromatic heterocycles. The third-order valence-electron chi connectivity index (χ3n) is 3.33. The minimum atomic E-state index is -4.93. The van der Waals surface area contributed by atoms with Crippen LogP contribution in [0.5, 0.6) is 5.75 Å². The number of benzene rings is 1. The van der Waals surface area contributed by atoms with Crippen molar-refractivity contribution in [3.05, 3.63) is 50.9 Å². The van der Waals surface area contributed by atoms with Crippen LogP contribution < -0.4 is 9.57 Å². The van der Waals surface area contributed by atoms with Gasteiger partial charge in [0.1, 0.15) is 11.1 Å². The lowest BCUT2D eigenvalue weighted by molar-refractivity contribution is -0.152. The minimum absolute atomic E-state index is 0.0186. The average molecular weight is 441 g/mol. The van der Waals surface area contributed by atoms with Gasteiger partial charge in [-0.2, -0.15) is 13.2 Å². The molecule has 0 aliphatic heterocycles. The molecular formula is C15H7Cl3F3N3O3. The Morgan fingerprint density at radius 3 is 2.48 bits per heavy atom. The molecule has 0 spiro atoms. The van der Waals surface area contributed by atoms with Crippen LogP contribution in [0.2, 0.25) is 15.1 Å². The van der Waals surface area contributed by atoms with Crippen LogP contribution in [-0.2, 0) is 6.18 Å². The van der Waals surface area contributed by atoms with Crippen molar-refractivity contribution < 1.29 is 27.5 Å². The number of carbonyl (C=O) groups excluding carboxylic acids is 1. The molecule has 0 amide bonds. The zero-order chi connectivity index (χ0) is 19.9. The molecule has 3 rings (SSSR count). The van der Waals surface area contributed by atoms with Crippen LogP contribution in [0.1, 0.15) is 16.2 Å². The Morgan fingerprint density at radius 2 is 1.85 bits per heavy atom. The van der Waals surface area contributed by atoms with Crippen molar-refractivity contribution in [2.24, 2.45) is 0 Å². The highest BCUT2D eigenvalue weighted by Gasteiger charge is 2.40. The lowest BCUT2D eigenvalue weighted by atomic mass is 10.2. The van der Waals surface area contributed by atoms with Gasteiger partial charge in [-0.25, -0.2) is 14.8 Å². The molecular weight excluding hydrogens is 434 g/mol. The van der Waals surface area contributed by atoms with Gasteiger partial charge in [0.05, 0.1) is 22.2 Å². The molecule has 27 heavy (non-hydrogen) atoms. The number of aromatic nitrogens is 3. The summed E-state index contributed by atoms with van der Waals surface area (Å²) in [4.78, 5) is 24.5. The molecule has 1 aromatic carbocycles. The Kier molecular flexibility index (Phi) is 5.11. The van der Waals surface area contributed by atoms with Crippen molar-refractivity contribution in [2.45, 2.75) is 6.18 Å². The van der Waals surface area contributed by atoms with Gasteiger partial charge in [-0.15, -0.1) is 4.73 Å². The average Bonchev–Trinajstić information content (AvgIpc) is 2.94. The van der Waals surface area contributed by atoms with E-state index in [0.29, 0.717) is 0 Å². The van der Waals surface area contributed by atoms with Crippen molar-refractivity contribution in [1.82, 2.24) is 14.7 Å². The van der Waals surface area contributed by atoms with Crippen molar-refractivity contribution in [2.75, 3.05) is 7.11 Å². The van der Waals surface area contributed by atoms with Gasteiger partial charge in [0.15, 0.2) is 11.4 Å². The van der Waals surface area contributed by atoms with Gasteiger partial charge in [0.2, 0.25) is 0 Å². The van der Waals surface area contributed by atoms with Crippen LogP contribution >= 0.6 is 34.8 Å². The molecule has 0 unspecified atom stereocenters.